The van der Waals surface area contributed by atoms with Crippen LogP contribution in [0, 0.1) is 26.6 Å². The summed E-state index contributed by atoms with van der Waals surface area (Å²) < 4.78 is 13.3. The number of benzene rings is 3. The molecule has 6 heteroatoms. The number of aryl methyl sites for hydroxylation is 3. The van der Waals surface area contributed by atoms with Crippen LogP contribution in [0.2, 0.25) is 5.02 Å². The van der Waals surface area contributed by atoms with Gasteiger partial charge in [0, 0.05) is 10.7 Å². The Morgan fingerprint density at radius 1 is 0.844 bits per heavy atom. The summed E-state index contributed by atoms with van der Waals surface area (Å²) in [4.78, 5) is 28.0. The molecular weight excluding hydrogens is 427 g/mol. The van der Waals surface area contributed by atoms with Crippen molar-refractivity contribution in [2.24, 2.45) is 0 Å². The molecule has 3 aromatic carbocycles. The molecule has 0 spiro atoms. The van der Waals surface area contributed by atoms with Crippen LogP contribution in [0.5, 0.6) is 0 Å². The molecule has 3 aromatic rings. The van der Waals surface area contributed by atoms with Crippen molar-refractivity contribution in [2.75, 3.05) is 5.32 Å². The lowest BCUT2D eigenvalue weighted by atomic mass is 9.99. The molecule has 0 atom stereocenters. The highest BCUT2D eigenvalue weighted by atomic mass is 35.5. The average Bonchev–Trinajstić information content (AvgIpc) is 2.98. The van der Waals surface area contributed by atoms with Gasteiger partial charge in [0.15, 0.2) is 0 Å². The minimum Gasteiger partial charge on any atom is -0.350 e. The first-order chi connectivity index (χ1) is 15.2. The van der Waals surface area contributed by atoms with Crippen molar-refractivity contribution in [1.29, 1.82) is 0 Å². The molecule has 32 heavy (non-hydrogen) atoms. The second kappa shape index (κ2) is 8.60. The summed E-state index contributed by atoms with van der Waals surface area (Å²) in [6.45, 7) is 5.89. The number of halogens is 2. The summed E-state index contributed by atoms with van der Waals surface area (Å²) in [5.41, 5.74) is 5.52. The number of hydrogen-bond donors (Lipinski definition) is 1. The van der Waals surface area contributed by atoms with Crippen LogP contribution in [0.4, 0.5) is 10.1 Å². The monoisotopic (exact) mass is 448 g/mol. The van der Waals surface area contributed by atoms with Crippen molar-refractivity contribution in [3.8, 4) is 0 Å². The van der Waals surface area contributed by atoms with Crippen LogP contribution in [0.15, 0.2) is 66.4 Å². The Morgan fingerprint density at radius 3 is 2.22 bits per heavy atom. The van der Waals surface area contributed by atoms with Crippen LogP contribution in [0.3, 0.4) is 0 Å². The fourth-order valence-electron chi connectivity index (χ4n) is 3.67. The highest BCUT2D eigenvalue weighted by molar-refractivity contribution is 6.36. The maximum atomic E-state index is 13.4. The van der Waals surface area contributed by atoms with Crippen LogP contribution in [-0.2, 0) is 16.1 Å². The van der Waals surface area contributed by atoms with Crippen molar-refractivity contribution in [2.45, 2.75) is 27.3 Å². The van der Waals surface area contributed by atoms with Gasteiger partial charge in [-0.15, -0.1) is 0 Å². The van der Waals surface area contributed by atoms with Gasteiger partial charge in [0.2, 0.25) is 0 Å². The van der Waals surface area contributed by atoms with Gasteiger partial charge >= 0.3 is 0 Å². The largest absolute Gasteiger partial charge is 0.350 e. The molecule has 4 rings (SSSR count). The Kier molecular flexibility index (Phi) is 5.85. The maximum absolute atomic E-state index is 13.4. The summed E-state index contributed by atoms with van der Waals surface area (Å²) in [5.74, 6) is -1.19. The first-order valence-electron chi connectivity index (χ1n) is 10.2. The summed E-state index contributed by atoms with van der Waals surface area (Å²) >= 11 is 6.07. The highest BCUT2D eigenvalue weighted by Crippen LogP contribution is 2.33. The van der Waals surface area contributed by atoms with Gasteiger partial charge in [-0.3, -0.25) is 14.5 Å². The van der Waals surface area contributed by atoms with Crippen LogP contribution < -0.4 is 5.32 Å². The lowest BCUT2D eigenvalue weighted by Crippen LogP contribution is -2.32. The van der Waals surface area contributed by atoms with Gasteiger partial charge in [-0.2, -0.15) is 0 Å². The predicted molar refractivity (Wildman–Crippen MR) is 125 cm³/mol. The van der Waals surface area contributed by atoms with Gasteiger partial charge in [0.05, 0.1) is 12.1 Å². The fourth-order valence-corrected chi connectivity index (χ4v) is 3.90. The number of nitrogens with zero attached hydrogens (tertiary/aromatic N) is 1. The van der Waals surface area contributed by atoms with E-state index in [4.69, 9.17) is 11.6 Å². The smallest absolute Gasteiger partial charge is 0.278 e. The van der Waals surface area contributed by atoms with Crippen molar-refractivity contribution >= 4 is 34.7 Å². The molecular formula is C26H22ClFN2O2. The Bertz CT molecular complexity index is 1270. The van der Waals surface area contributed by atoms with E-state index >= 15 is 0 Å². The molecule has 4 nitrogen and oxygen atoms in total. The molecule has 1 aliphatic rings. The van der Waals surface area contributed by atoms with Crippen LogP contribution in [-0.4, -0.2) is 16.7 Å². The quantitative estimate of drug-likeness (QED) is 0.502. The van der Waals surface area contributed by atoms with Crippen LogP contribution >= 0.6 is 11.6 Å². The molecule has 0 aromatic heterocycles. The minimum absolute atomic E-state index is 0.0526. The molecule has 162 valence electrons. The molecule has 0 saturated heterocycles. The molecule has 0 unspecified atom stereocenters. The molecule has 0 fully saturated rings. The normalized spacial score (nSPS) is 13.8. The van der Waals surface area contributed by atoms with E-state index < -0.39 is 11.8 Å². The predicted octanol–water partition coefficient (Wildman–Crippen LogP) is 5.80. The zero-order chi connectivity index (χ0) is 23.0. The van der Waals surface area contributed by atoms with E-state index in [1.807, 2.05) is 39.0 Å². The van der Waals surface area contributed by atoms with E-state index in [0.29, 0.717) is 27.4 Å². The summed E-state index contributed by atoms with van der Waals surface area (Å²) in [7, 11) is 0. The second-order valence-electron chi connectivity index (χ2n) is 7.96. The van der Waals surface area contributed by atoms with Crippen molar-refractivity contribution in [3.63, 3.8) is 0 Å². The van der Waals surface area contributed by atoms with E-state index in [9.17, 15) is 14.0 Å². The van der Waals surface area contributed by atoms with E-state index in [1.54, 1.807) is 30.3 Å². The van der Waals surface area contributed by atoms with Crippen molar-refractivity contribution in [3.05, 3.63) is 105 Å². The number of imide groups is 1. The van der Waals surface area contributed by atoms with Crippen LogP contribution in [0.1, 0.15) is 27.8 Å². The zero-order valence-electron chi connectivity index (χ0n) is 18.0. The SMILES string of the molecule is Cc1ccc(C2=C(Nc3ccc(Cl)cc3C)C(=O)N(Cc3ccc(F)cc3)C2=O)cc1C. The van der Waals surface area contributed by atoms with Gasteiger partial charge in [-0.1, -0.05) is 41.9 Å². The van der Waals surface area contributed by atoms with Gasteiger partial charge in [0.1, 0.15) is 11.5 Å². The number of rotatable bonds is 5. The number of hydrogen-bond acceptors (Lipinski definition) is 3. The van der Waals surface area contributed by atoms with E-state index in [0.717, 1.165) is 16.7 Å². The minimum atomic E-state index is -0.429. The summed E-state index contributed by atoms with van der Waals surface area (Å²) in [6, 6.07) is 16.8. The topological polar surface area (TPSA) is 49.4 Å². The van der Waals surface area contributed by atoms with Crippen molar-refractivity contribution in [1.82, 2.24) is 4.90 Å². The highest BCUT2D eigenvalue weighted by Gasteiger charge is 2.39. The van der Waals surface area contributed by atoms with Gasteiger partial charge in [-0.25, -0.2) is 4.39 Å². The number of carbonyl (C=O) groups is 2. The Hall–Kier alpha value is -3.44. The average molecular weight is 449 g/mol. The Morgan fingerprint density at radius 2 is 1.56 bits per heavy atom. The van der Waals surface area contributed by atoms with Gasteiger partial charge < -0.3 is 5.32 Å². The third kappa shape index (κ3) is 4.16. The van der Waals surface area contributed by atoms with Gasteiger partial charge in [0.25, 0.3) is 11.8 Å². The maximum Gasteiger partial charge on any atom is 0.278 e. The van der Waals surface area contributed by atoms with Crippen molar-refractivity contribution < 1.29 is 14.0 Å². The first-order valence-corrected chi connectivity index (χ1v) is 10.6. The standard InChI is InChI=1S/C26H22ClFN2O2/c1-15-4-7-19(12-16(15)2)23-24(29-22-11-8-20(27)13-17(22)3)26(32)30(25(23)31)14-18-5-9-21(28)10-6-18/h4-13,29H,14H2,1-3H3. The second-order valence-corrected chi connectivity index (χ2v) is 8.39. The number of amides is 2. The van der Waals surface area contributed by atoms with E-state index in [2.05, 4.69) is 5.32 Å². The number of anilines is 1. The van der Waals surface area contributed by atoms with Gasteiger partial charge in [-0.05, 0) is 78.9 Å². The molecule has 0 saturated carbocycles. The Labute approximate surface area is 191 Å². The zero-order valence-corrected chi connectivity index (χ0v) is 18.8. The molecule has 1 heterocycles. The van der Waals surface area contributed by atoms with Crippen LogP contribution in [0.25, 0.3) is 5.57 Å². The number of carbonyl (C=O) groups excluding carboxylic acids is 2. The number of nitrogens with one attached hydrogen (secondary N) is 1. The molecule has 1 aliphatic heterocycles. The molecule has 0 radical (unpaired) electrons. The molecule has 0 bridgehead atoms. The Balaban J connectivity index is 1.77. The lowest BCUT2D eigenvalue weighted by molar-refractivity contribution is -0.137. The lowest BCUT2D eigenvalue weighted by Gasteiger charge is -2.16. The molecule has 0 aliphatic carbocycles. The summed E-state index contributed by atoms with van der Waals surface area (Å²) in [6.07, 6.45) is 0. The third-order valence-corrected chi connectivity index (χ3v) is 5.90. The summed E-state index contributed by atoms with van der Waals surface area (Å²) in [5, 5.41) is 3.76. The third-order valence-electron chi connectivity index (χ3n) is 5.67. The van der Waals surface area contributed by atoms with E-state index in [-0.39, 0.29) is 18.1 Å². The van der Waals surface area contributed by atoms with E-state index in [1.165, 1.54) is 17.0 Å². The molecule has 2 amide bonds. The fraction of sp³-hybridized carbons (Fsp3) is 0.154. The molecule has 1 N–H and O–H groups in total. The first kappa shape index (κ1) is 21.8.